The number of amides is 1. The molecule has 4 nitrogen and oxygen atoms in total. The monoisotopic (exact) mass is 327 g/mol. The standard InChI is InChI=1S/C18H21N3OS/c1-13(14-7-5-4-6-8-14)19-18(23)20-16-11-9-15(10-12-16)17(22)21(2)3/h4-13H,1-3H3,(H2,19,20,23). The maximum Gasteiger partial charge on any atom is 0.253 e. The van der Waals surface area contributed by atoms with Gasteiger partial charge in [-0.2, -0.15) is 0 Å². The highest BCUT2D eigenvalue weighted by atomic mass is 32.1. The van der Waals surface area contributed by atoms with Gasteiger partial charge in [0.1, 0.15) is 0 Å². The maximum atomic E-state index is 11.8. The highest BCUT2D eigenvalue weighted by Crippen LogP contribution is 2.13. The lowest BCUT2D eigenvalue weighted by molar-refractivity contribution is 0.0827. The van der Waals surface area contributed by atoms with Crippen LogP contribution < -0.4 is 10.6 Å². The van der Waals surface area contributed by atoms with Crippen molar-refractivity contribution < 1.29 is 4.79 Å². The van der Waals surface area contributed by atoms with Crippen molar-refractivity contribution in [1.29, 1.82) is 0 Å². The number of anilines is 1. The van der Waals surface area contributed by atoms with Crippen molar-refractivity contribution >= 4 is 28.9 Å². The van der Waals surface area contributed by atoms with Crippen LogP contribution in [0.5, 0.6) is 0 Å². The maximum absolute atomic E-state index is 11.8. The van der Waals surface area contributed by atoms with E-state index in [4.69, 9.17) is 12.2 Å². The van der Waals surface area contributed by atoms with E-state index in [0.29, 0.717) is 10.7 Å². The summed E-state index contributed by atoms with van der Waals surface area (Å²) in [5.74, 6) is -0.0186. The number of hydrogen-bond donors (Lipinski definition) is 2. The van der Waals surface area contributed by atoms with Crippen LogP contribution in [0, 0.1) is 0 Å². The molecule has 0 aliphatic rings. The Hall–Kier alpha value is -2.40. The van der Waals surface area contributed by atoms with Crippen molar-refractivity contribution in [1.82, 2.24) is 10.2 Å². The lowest BCUT2D eigenvalue weighted by Crippen LogP contribution is -2.30. The molecule has 1 unspecified atom stereocenters. The van der Waals surface area contributed by atoms with Gasteiger partial charge in [0.05, 0.1) is 6.04 Å². The van der Waals surface area contributed by atoms with Crippen LogP contribution in [0.25, 0.3) is 0 Å². The molecule has 1 amide bonds. The summed E-state index contributed by atoms with van der Waals surface area (Å²) >= 11 is 5.34. The lowest BCUT2D eigenvalue weighted by Gasteiger charge is -2.17. The molecule has 2 aromatic carbocycles. The quantitative estimate of drug-likeness (QED) is 0.845. The van der Waals surface area contributed by atoms with Crippen molar-refractivity contribution in [3.63, 3.8) is 0 Å². The Morgan fingerprint density at radius 2 is 1.65 bits per heavy atom. The smallest absolute Gasteiger partial charge is 0.253 e. The minimum Gasteiger partial charge on any atom is -0.356 e. The van der Waals surface area contributed by atoms with E-state index < -0.39 is 0 Å². The second-order valence-corrected chi connectivity index (χ2v) is 5.92. The molecule has 2 aromatic rings. The number of hydrogen-bond acceptors (Lipinski definition) is 2. The van der Waals surface area contributed by atoms with Crippen LogP contribution in [0.3, 0.4) is 0 Å². The van der Waals surface area contributed by atoms with Gasteiger partial charge in [0.25, 0.3) is 5.91 Å². The average molecular weight is 327 g/mol. The fourth-order valence-corrected chi connectivity index (χ4v) is 2.44. The van der Waals surface area contributed by atoms with E-state index in [2.05, 4.69) is 29.7 Å². The molecule has 5 heteroatoms. The Labute approximate surface area is 142 Å². The lowest BCUT2D eigenvalue weighted by atomic mass is 10.1. The third kappa shape index (κ3) is 4.79. The molecule has 0 aliphatic heterocycles. The number of thiocarbonyl (C=S) groups is 1. The van der Waals surface area contributed by atoms with Crippen LogP contribution in [0.4, 0.5) is 5.69 Å². The first-order valence-electron chi connectivity index (χ1n) is 7.41. The van der Waals surface area contributed by atoms with Gasteiger partial charge in [-0.15, -0.1) is 0 Å². The molecule has 0 bridgehead atoms. The van der Waals surface area contributed by atoms with Crippen molar-refractivity contribution in [2.24, 2.45) is 0 Å². The molecule has 1 atom stereocenters. The van der Waals surface area contributed by atoms with Crippen LogP contribution in [0.1, 0.15) is 28.9 Å². The molecule has 0 heterocycles. The number of carbonyl (C=O) groups is 1. The molecule has 120 valence electrons. The highest BCUT2D eigenvalue weighted by Gasteiger charge is 2.09. The SMILES string of the molecule is CC(NC(=S)Nc1ccc(C(=O)N(C)C)cc1)c1ccccc1. The van der Waals surface area contributed by atoms with Crippen molar-refractivity contribution in [3.05, 3.63) is 65.7 Å². The van der Waals surface area contributed by atoms with Crippen LogP contribution in [-0.4, -0.2) is 30.0 Å². The fraction of sp³-hybridized carbons (Fsp3) is 0.222. The number of carbonyl (C=O) groups excluding carboxylic acids is 1. The summed E-state index contributed by atoms with van der Waals surface area (Å²) in [5, 5.41) is 6.93. The molecule has 0 aromatic heterocycles. The van der Waals surface area contributed by atoms with Gasteiger partial charge in [-0.25, -0.2) is 0 Å². The van der Waals surface area contributed by atoms with E-state index in [0.717, 1.165) is 5.69 Å². The summed E-state index contributed by atoms with van der Waals surface area (Å²) in [5.41, 5.74) is 2.67. The zero-order valence-electron chi connectivity index (χ0n) is 13.5. The van der Waals surface area contributed by atoms with Gasteiger partial charge in [0, 0.05) is 25.3 Å². The summed E-state index contributed by atoms with van der Waals surface area (Å²) in [4.78, 5) is 13.4. The molecule has 0 fully saturated rings. The van der Waals surface area contributed by atoms with Crippen molar-refractivity contribution in [3.8, 4) is 0 Å². The van der Waals surface area contributed by atoms with E-state index in [1.165, 1.54) is 5.56 Å². The van der Waals surface area contributed by atoms with E-state index in [1.54, 1.807) is 31.1 Å². The van der Waals surface area contributed by atoms with Crippen LogP contribution in [0.15, 0.2) is 54.6 Å². The molecule has 0 saturated carbocycles. The summed E-state index contributed by atoms with van der Waals surface area (Å²) in [6.45, 7) is 2.06. The molecule has 2 N–H and O–H groups in total. The molecule has 0 spiro atoms. The summed E-state index contributed by atoms with van der Waals surface area (Å²) in [6.07, 6.45) is 0. The Kier molecular flexibility index (Phi) is 5.71. The molecule has 0 aliphatic carbocycles. The third-order valence-corrected chi connectivity index (χ3v) is 3.66. The number of nitrogens with zero attached hydrogens (tertiary/aromatic N) is 1. The van der Waals surface area contributed by atoms with Gasteiger partial charge < -0.3 is 15.5 Å². The van der Waals surface area contributed by atoms with Gasteiger partial charge in [0.15, 0.2) is 5.11 Å². The molecule has 23 heavy (non-hydrogen) atoms. The summed E-state index contributed by atoms with van der Waals surface area (Å²) in [7, 11) is 3.47. The highest BCUT2D eigenvalue weighted by molar-refractivity contribution is 7.80. The predicted octanol–water partition coefficient (Wildman–Crippen LogP) is 3.44. The fourth-order valence-electron chi connectivity index (χ4n) is 2.14. The van der Waals surface area contributed by atoms with Crippen molar-refractivity contribution in [2.75, 3.05) is 19.4 Å². The summed E-state index contributed by atoms with van der Waals surface area (Å²) < 4.78 is 0. The molecule has 2 rings (SSSR count). The zero-order chi connectivity index (χ0) is 16.8. The van der Waals surface area contributed by atoms with E-state index in [-0.39, 0.29) is 11.9 Å². The predicted molar refractivity (Wildman–Crippen MR) is 98.7 cm³/mol. The first-order chi connectivity index (χ1) is 11.0. The second-order valence-electron chi connectivity index (χ2n) is 5.51. The normalized spacial score (nSPS) is 11.4. The second kappa shape index (κ2) is 7.74. The number of benzene rings is 2. The molecular formula is C18H21N3OS. The minimum absolute atomic E-state index is 0.0186. The molecule has 0 saturated heterocycles. The molecular weight excluding hydrogens is 306 g/mol. The van der Waals surface area contributed by atoms with Crippen LogP contribution >= 0.6 is 12.2 Å². The minimum atomic E-state index is -0.0186. The van der Waals surface area contributed by atoms with Gasteiger partial charge in [-0.1, -0.05) is 30.3 Å². The van der Waals surface area contributed by atoms with Crippen LogP contribution in [-0.2, 0) is 0 Å². The first-order valence-corrected chi connectivity index (χ1v) is 7.82. The van der Waals surface area contributed by atoms with E-state index in [1.807, 2.05) is 30.3 Å². The zero-order valence-corrected chi connectivity index (χ0v) is 14.4. The number of rotatable bonds is 4. The first kappa shape index (κ1) is 17.0. The van der Waals surface area contributed by atoms with Gasteiger partial charge in [0.2, 0.25) is 0 Å². The van der Waals surface area contributed by atoms with Gasteiger partial charge in [-0.3, -0.25) is 4.79 Å². The van der Waals surface area contributed by atoms with Crippen molar-refractivity contribution in [2.45, 2.75) is 13.0 Å². The Morgan fingerprint density at radius 3 is 2.22 bits per heavy atom. The Bertz CT molecular complexity index is 668. The largest absolute Gasteiger partial charge is 0.356 e. The third-order valence-electron chi connectivity index (χ3n) is 3.44. The van der Waals surface area contributed by atoms with Crippen LogP contribution in [0.2, 0.25) is 0 Å². The number of nitrogens with one attached hydrogen (secondary N) is 2. The summed E-state index contributed by atoms with van der Waals surface area (Å²) in [6, 6.07) is 17.5. The Balaban J connectivity index is 1.94. The molecule has 0 radical (unpaired) electrons. The Morgan fingerprint density at radius 1 is 1.04 bits per heavy atom. The van der Waals surface area contributed by atoms with E-state index in [9.17, 15) is 4.79 Å². The van der Waals surface area contributed by atoms with Gasteiger partial charge in [-0.05, 0) is 49.0 Å². The topological polar surface area (TPSA) is 44.4 Å². The van der Waals surface area contributed by atoms with E-state index >= 15 is 0 Å². The van der Waals surface area contributed by atoms with Gasteiger partial charge >= 0.3 is 0 Å². The average Bonchev–Trinajstić information content (AvgIpc) is 2.55.